The second-order valence-corrected chi connectivity index (χ2v) is 6.50. The Balaban J connectivity index is 0.000000960. The predicted molar refractivity (Wildman–Crippen MR) is 98.2 cm³/mol. The third-order valence-electron chi connectivity index (χ3n) is 3.11. The molecule has 0 atom stereocenters. The van der Waals surface area contributed by atoms with Crippen molar-refractivity contribution in [1.82, 2.24) is 4.90 Å². The second kappa shape index (κ2) is 9.71. The molecule has 0 saturated carbocycles. The zero-order valence-electron chi connectivity index (χ0n) is 14.9. The number of carbonyl (C=O) groups is 1. The molecule has 0 amide bonds. The molecule has 14 heteroatoms. The summed E-state index contributed by atoms with van der Waals surface area (Å²) in [6.07, 6.45) is -5.17. The molecular formula is C15H17BrF5N5O3. The number of nitrogens with zero attached hydrogens (tertiary/aromatic N) is 3. The molecule has 2 rings (SSSR count). The van der Waals surface area contributed by atoms with Gasteiger partial charge in [-0.05, 0) is 34.1 Å². The lowest BCUT2D eigenvalue weighted by atomic mass is 10.3. The van der Waals surface area contributed by atoms with Gasteiger partial charge in [0.25, 0.3) is 11.9 Å². The van der Waals surface area contributed by atoms with Gasteiger partial charge in [-0.15, -0.1) is 13.2 Å². The van der Waals surface area contributed by atoms with Crippen molar-refractivity contribution in [2.75, 3.05) is 13.1 Å². The molecule has 1 fully saturated rings. The molecule has 5 N–H and O–H groups in total. The number of hydrogen-bond acceptors (Lipinski definition) is 3. The Kier molecular flexibility index (Phi) is 8.17. The number of guanidine groups is 2. The summed E-state index contributed by atoms with van der Waals surface area (Å²) < 4.78 is 66.6. The van der Waals surface area contributed by atoms with Gasteiger partial charge in [0.1, 0.15) is 5.75 Å². The van der Waals surface area contributed by atoms with Crippen LogP contribution in [0.2, 0.25) is 0 Å². The van der Waals surface area contributed by atoms with Gasteiger partial charge in [-0.1, -0.05) is 0 Å². The van der Waals surface area contributed by atoms with E-state index in [1.165, 1.54) is 17.0 Å². The number of rotatable bonds is 2. The first-order chi connectivity index (χ1) is 13.2. The predicted octanol–water partition coefficient (Wildman–Crippen LogP) is 3.04. The van der Waals surface area contributed by atoms with Gasteiger partial charge in [0.05, 0.1) is 16.7 Å². The van der Waals surface area contributed by atoms with E-state index in [-0.39, 0.29) is 35.0 Å². The van der Waals surface area contributed by atoms with Crippen LogP contribution in [0.5, 0.6) is 5.75 Å². The molecular weight excluding hydrogens is 473 g/mol. The van der Waals surface area contributed by atoms with Crippen LogP contribution in [0.15, 0.2) is 32.7 Å². The molecule has 1 heterocycles. The molecule has 0 bridgehead atoms. The van der Waals surface area contributed by atoms with Crippen molar-refractivity contribution in [3.05, 3.63) is 22.7 Å². The van der Waals surface area contributed by atoms with E-state index >= 15 is 0 Å². The zero-order chi connectivity index (χ0) is 22.4. The third kappa shape index (κ3) is 9.40. The number of alkyl halides is 5. The summed E-state index contributed by atoms with van der Waals surface area (Å²) in [5.74, 6) is -4.67. The molecule has 29 heavy (non-hydrogen) atoms. The molecule has 1 aliphatic heterocycles. The number of likely N-dealkylation sites (tertiary alicyclic amines) is 1. The Bertz CT molecular complexity index is 797. The van der Waals surface area contributed by atoms with Gasteiger partial charge in [-0.2, -0.15) is 4.99 Å². The second-order valence-electron chi connectivity index (χ2n) is 5.65. The summed E-state index contributed by atoms with van der Waals surface area (Å²) in [4.78, 5) is 17.7. The van der Waals surface area contributed by atoms with Crippen molar-refractivity contribution in [2.24, 2.45) is 21.5 Å². The van der Waals surface area contributed by atoms with Gasteiger partial charge >= 0.3 is 6.36 Å². The molecule has 0 aromatic heterocycles. The normalized spacial score (nSPS) is 16.9. The third-order valence-corrected chi connectivity index (χ3v) is 3.73. The van der Waals surface area contributed by atoms with Crippen LogP contribution >= 0.6 is 15.9 Å². The van der Waals surface area contributed by atoms with Gasteiger partial charge < -0.3 is 26.2 Å². The summed E-state index contributed by atoms with van der Waals surface area (Å²) in [6, 6.07) is 3.48. The van der Waals surface area contributed by atoms with Crippen molar-refractivity contribution < 1.29 is 36.6 Å². The molecule has 0 radical (unpaired) electrons. The molecule has 162 valence electrons. The number of hydrogen-bond donors (Lipinski definition) is 3. The lowest BCUT2D eigenvalue weighted by Gasteiger charge is -2.16. The number of carboxylic acids is 1. The maximum Gasteiger partial charge on any atom is 0.573 e. The SMILES string of the molecule is CC(=O)O.NC(=Nc1ccc(OC(F)(F)F)c(Br)c1)/N=C(\N)N1CCC(F)(F)C1. The summed E-state index contributed by atoms with van der Waals surface area (Å²) in [6.45, 7) is 0.551. The molecule has 1 aromatic rings. The molecule has 1 aromatic carbocycles. The van der Waals surface area contributed by atoms with Gasteiger partial charge in [-0.25, -0.2) is 13.8 Å². The monoisotopic (exact) mass is 489 g/mol. The molecule has 0 unspecified atom stereocenters. The molecule has 1 saturated heterocycles. The van der Waals surface area contributed by atoms with Crippen LogP contribution in [0, 0.1) is 0 Å². The Hall–Kier alpha value is -2.64. The van der Waals surface area contributed by atoms with E-state index in [4.69, 9.17) is 21.4 Å². The lowest BCUT2D eigenvalue weighted by Crippen LogP contribution is -2.38. The number of aliphatic carboxylic acids is 1. The van der Waals surface area contributed by atoms with Crippen molar-refractivity contribution in [3.8, 4) is 5.75 Å². The van der Waals surface area contributed by atoms with Crippen LogP contribution in [0.1, 0.15) is 13.3 Å². The first-order valence-electron chi connectivity index (χ1n) is 7.74. The van der Waals surface area contributed by atoms with Crippen LogP contribution in [0.3, 0.4) is 0 Å². The smallest absolute Gasteiger partial charge is 0.481 e. The summed E-state index contributed by atoms with van der Waals surface area (Å²) in [5.41, 5.74) is 11.3. The number of halogens is 6. The highest BCUT2D eigenvalue weighted by Crippen LogP contribution is 2.33. The standard InChI is InChI=1S/C13H13BrF5N5O.C2H4O2/c14-8-5-7(1-2-9(8)25-13(17,18)19)22-10(20)23-11(21)24-4-3-12(15,16)6-24;1-2(3)4/h1-2,5H,3-4,6H2,(H4,20,21,22,23);1H3,(H,3,4). The van der Waals surface area contributed by atoms with E-state index in [0.717, 1.165) is 13.0 Å². The molecule has 0 spiro atoms. The topological polar surface area (TPSA) is 127 Å². The van der Waals surface area contributed by atoms with E-state index in [0.29, 0.717) is 0 Å². The minimum atomic E-state index is -4.83. The maximum absolute atomic E-state index is 13.1. The van der Waals surface area contributed by atoms with Crippen molar-refractivity contribution >= 4 is 39.5 Å². The number of nitrogens with two attached hydrogens (primary N) is 2. The largest absolute Gasteiger partial charge is 0.573 e. The Morgan fingerprint density at radius 1 is 1.34 bits per heavy atom. The fourth-order valence-electron chi connectivity index (χ4n) is 2.04. The van der Waals surface area contributed by atoms with Gasteiger partial charge in [0.15, 0.2) is 5.96 Å². The zero-order valence-corrected chi connectivity index (χ0v) is 16.5. The van der Waals surface area contributed by atoms with E-state index in [1.54, 1.807) is 0 Å². The highest BCUT2D eigenvalue weighted by molar-refractivity contribution is 9.10. The summed E-state index contributed by atoms with van der Waals surface area (Å²) in [7, 11) is 0. The maximum atomic E-state index is 13.1. The Morgan fingerprint density at radius 2 is 1.93 bits per heavy atom. The quantitative estimate of drug-likeness (QED) is 0.333. The van der Waals surface area contributed by atoms with Crippen LogP contribution in [-0.2, 0) is 4.79 Å². The average Bonchev–Trinajstić information content (AvgIpc) is 2.88. The Morgan fingerprint density at radius 3 is 2.38 bits per heavy atom. The molecule has 8 nitrogen and oxygen atoms in total. The molecule has 0 aliphatic carbocycles. The number of ether oxygens (including phenoxy) is 1. The van der Waals surface area contributed by atoms with Crippen LogP contribution in [-0.4, -0.2) is 53.3 Å². The fraction of sp³-hybridized carbons (Fsp3) is 0.400. The van der Waals surface area contributed by atoms with Gasteiger partial charge in [-0.3, -0.25) is 4.79 Å². The van der Waals surface area contributed by atoms with E-state index in [1.807, 2.05) is 0 Å². The van der Waals surface area contributed by atoms with E-state index in [9.17, 15) is 22.0 Å². The van der Waals surface area contributed by atoms with Crippen molar-refractivity contribution in [2.45, 2.75) is 25.6 Å². The van der Waals surface area contributed by atoms with Crippen LogP contribution < -0.4 is 16.2 Å². The summed E-state index contributed by atoms with van der Waals surface area (Å²) in [5, 5.41) is 7.42. The molecule has 1 aliphatic rings. The van der Waals surface area contributed by atoms with Gasteiger partial charge in [0, 0.05) is 19.9 Å². The Labute approximate surface area is 170 Å². The van der Waals surface area contributed by atoms with Crippen molar-refractivity contribution in [3.63, 3.8) is 0 Å². The van der Waals surface area contributed by atoms with Gasteiger partial charge in [0.2, 0.25) is 5.96 Å². The number of carboxylic acid groups (broad SMARTS) is 1. The minimum Gasteiger partial charge on any atom is -0.481 e. The van der Waals surface area contributed by atoms with Crippen LogP contribution in [0.25, 0.3) is 0 Å². The van der Waals surface area contributed by atoms with E-state index in [2.05, 4.69) is 30.7 Å². The van der Waals surface area contributed by atoms with Crippen LogP contribution in [0.4, 0.5) is 27.6 Å². The number of benzene rings is 1. The highest BCUT2D eigenvalue weighted by atomic mass is 79.9. The lowest BCUT2D eigenvalue weighted by molar-refractivity contribution is -0.274. The number of aliphatic imine (C=N–C) groups is 2. The first-order valence-corrected chi connectivity index (χ1v) is 8.54. The van der Waals surface area contributed by atoms with E-state index < -0.39 is 30.5 Å². The minimum absolute atomic E-state index is 0.00462. The fourth-order valence-corrected chi connectivity index (χ4v) is 2.49. The summed E-state index contributed by atoms with van der Waals surface area (Å²) >= 11 is 2.92. The average molecular weight is 490 g/mol. The highest BCUT2D eigenvalue weighted by Gasteiger charge is 2.39. The first kappa shape index (κ1) is 24.4. The van der Waals surface area contributed by atoms with Crippen molar-refractivity contribution in [1.29, 1.82) is 0 Å².